The molecular formula is C60H64F5N9O7. The number of β-amino-alcohol motifs (C(OH)–C–C–N with tert-alkyl or cyclic N) is 1. The summed E-state index contributed by atoms with van der Waals surface area (Å²) < 4.78 is 92.4. The highest BCUT2D eigenvalue weighted by Gasteiger charge is 2.46. The van der Waals surface area contributed by atoms with E-state index in [-0.39, 0.29) is 83.6 Å². The SMILES string of the molecule is C#Cc1c(F)ccc2cc(O)cc(C3N=CC4=C(N5CC6CCC(C5)N6)NC(OCCN5CCC(COc6cc(C(C(=O)N7C[C@H](O)C[C@H]7C(=O)N[C@@H](C)c7ccc(-c8ccc(F)c(F)c8F)cc7)C(C)C)on6)CC5)=NC4C3F)c12. The predicted octanol–water partition coefficient (Wildman–Crippen LogP) is 7.56. The standard InChI is InChI=1S/C60H64F5N9O7/c1-5-41-45(61)14-10-36-22-39(75)23-43(51(36)41)55-54(65)56-44(26-66-55)57(73-27-37-11-12-38(28-73)68-37)70-60(69-56)79-21-20-72-18-16-33(17-19-72)30-80-49-25-48(81-71-49)50(31(2)3)59(78)74-29-40(76)24-47(74)58(77)67-32(4)34-6-8-35(9-7-34)42-13-15-46(62)53(64)52(42)63/h1,6-10,13-15,22-23,25-26,31-33,37-38,40,47,50,54-56,68,75-76H,11-12,16-21,24,27-30H2,2-4H3,(H,67,77)(H,69,70)/t32-,37?,38?,40+,47-,50?,54?,55?,56?/m0/s1. The topological polar surface area (TPSA) is 190 Å². The third-order valence-corrected chi connectivity index (χ3v) is 16.7. The summed E-state index contributed by atoms with van der Waals surface area (Å²) >= 11 is 0. The monoisotopic (exact) mass is 1120 g/mol. The van der Waals surface area contributed by atoms with E-state index in [1.54, 1.807) is 43.5 Å². The molecule has 21 heteroatoms. The van der Waals surface area contributed by atoms with Crippen molar-refractivity contribution in [2.75, 3.05) is 52.5 Å². The third kappa shape index (κ3) is 11.3. The van der Waals surface area contributed by atoms with Crippen LogP contribution >= 0.6 is 0 Å². The largest absolute Gasteiger partial charge is 0.508 e. The lowest BCUT2D eigenvalue weighted by molar-refractivity contribution is -0.141. The van der Waals surface area contributed by atoms with Crippen molar-refractivity contribution in [2.24, 2.45) is 21.8 Å². The Kier molecular flexibility index (Phi) is 15.8. The second-order valence-electron chi connectivity index (χ2n) is 22.4. The number of amides is 2. The Hall–Kier alpha value is -7.54. The van der Waals surface area contributed by atoms with E-state index in [1.807, 2.05) is 13.8 Å². The maximum atomic E-state index is 17.2. The van der Waals surface area contributed by atoms with E-state index in [9.17, 15) is 33.0 Å². The zero-order valence-electron chi connectivity index (χ0n) is 45.1. The minimum Gasteiger partial charge on any atom is -0.508 e. The Morgan fingerprint density at radius 3 is 2.38 bits per heavy atom. The van der Waals surface area contributed by atoms with Crippen LogP contribution in [-0.4, -0.2) is 143 Å². The molecule has 16 nitrogen and oxygen atoms in total. The molecule has 0 radical (unpaired) electrons. The molecule has 11 rings (SSSR count). The predicted molar refractivity (Wildman–Crippen MR) is 292 cm³/mol. The van der Waals surface area contributed by atoms with Crippen molar-refractivity contribution in [2.45, 2.75) is 107 Å². The summed E-state index contributed by atoms with van der Waals surface area (Å²) in [6.45, 7) is 9.53. The number of hydrogen-bond acceptors (Lipinski definition) is 14. The number of piperazine rings is 1. The number of piperidine rings is 1. The van der Waals surface area contributed by atoms with Crippen LogP contribution in [0.15, 0.2) is 92.6 Å². The first-order valence-electron chi connectivity index (χ1n) is 27.7. The number of carbonyl (C=O) groups is 2. The number of aliphatic imine (C=N–C) groups is 2. The Morgan fingerprint density at radius 1 is 0.914 bits per heavy atom. The Morgan fingerprint density at radius 2 is 1.65 bits per heavy atom. The average molecular weight is 1120 g/mol. The highest BCUT2D eigenvalue weighted by Crippen LogP contribution is 2.42. The number of amidine groups is 1. The Balaban J connectivity index is 0.680. The molecule has 5 N–H and O–H groups in total. The lowest BCUT2D eigenvalue weighted by Crippen LogP contribution is -2.55. The van der Waals surface area contributed by atoms with Crippen LogP contribution in [0.2, 0.25) is 0 Å². The summed E-state index contributed by atoms with van der Waals surface area (Å²) in [5, 5.41) is 36.3. The molecule has 7 heterocycles. The van der Waals surface area contributed by atoms with E-state index in [1.165, 1.54) is 29.2 Å². The molecule has 9 atom stereocenters. The minimum absolute atomic E-state index is 0.0177. The maximum absolute atomic E-state index is 17.2. The number of rotatable bonds is 15. The Labute approximate surface area is 465 Å². The van der Waals surface area contributed by atoms with E-state index in [0.29, 0.717) is 59.5 Å². The van der Waals surface area contributed by atoms with Crippen LogP contribution in [0.3, 0.4) is 0 Å². The summed E-state index contributed by atoms with van der Waals surface area (Å²) in [6, 6.07) is 12.6. The molecule has 426 valence electrons. The fourth-order valence-electron chi connectivity index (χ4n) is 12.4. The summed E-state index contributed by atoms with van der Waals surface area (Å²) in [5.74, 6) is -3.14. The highest BCUT2D eigenvalue weighted by atomic mass is 19.2. The molecule has 0 spiro atoms. The lowest BCUT2D eigenvalue weighted by Gasteiger charge is -2.41. The van der Waals surface area contributed by atoms with Gasteiger partial charge in [0.1, 0.15) is 48.0 Å². The van der Waals surface area contributed by atoms with Gasteiger partial charge >= 0.3 is 0 Å². The molecule has 2 bridgehead atoms. The smallest absolute Gasteiger partial charge is 0.291 e. The molecule has 6 aliphatic rings. The van der Waals surface area contributed by atoms with Gasteiger partial charge in [-0.15, -0.1) is 6.42 Å². The first kappa shape index (κ1) is 55.4. The summed E-state index contributed by atoms with van der Waals surface area (Å²) in [5.41, 5.74) is 1.67. The second-order valence-corrected chi connectivity index (χ2v) is 22.4. The van der Waals surface area contributed by atoms with E-state index < -0.39 is 77.4 Å². The van der Waals surface area contributed by atoms with Crippen molar-refractivity contribution >= 4 is 34.8 Å². The normalized spacial score (nSPS) is 24.7. The molecule has 4 fully saturated rings. The Bertz CT molecular complexity index is 3330. The number of aliphatic hydroxyl groups excluding tert-OH is 1. The van der Waals surface area contributed by atoms with Crippen molar-refractivity contribution in [1.29, 1.82) is 0 Å². The molecule has 6 aliphatic heterocycles. The number of fused-ring (bicyclic) bond motifs is 4. The van der Waals surface area contributed by atoms with Crippen LogP contribution in [0.1, 0.15) is 93.3 Å². The maximum Gasteiger partial charge on any atom is 0.291 e. The lowest BCUT2D eigenvalue weighted by atomic mass is 9.86. The number of likely N-dealkylation sites (tertiary alicyclic amines) is 3. The number of aliphatic hydroxyl groups is 1. The van der Waals surface area contributed by atoms with Gasteiger partial charge in [-0.25, -0.2) is 26.9 Å². The van der Waals surface area contributed by atoms with Gasteiger partial charge in [-0.1, -0.05) is 50.1 Å². The summed E-state index contributed by atoms with van der Waals surface area (Å²) in [6.07, 6.45) is 8.49. The van der Waals surface area contributed by atoms with Crippen LogP contribution in [0.25, 0.3) is 21.9 Å². The average Bonchev–Trinajstić information content (AvgIpc) is 4.37. The number of benzene rings is 4. The second kappa shape index (κ2) is 23.1. The first-order valence-corrected chi connectivity index (χ1v) is 27.7. The highest BCUT2D eigenvalue weighted by molar-refractivity contribution is 5.95. The molecular weight excluding hydrogens is 1050 g/mol. The minimum atomic E-state index is -1.71. The van der Waals surface area contributed by atoms with E-state index >= 15 is 8.78 Å². The number of phenolic OH excluding ortho intramolecular Hbond substituents is 1. The van der Waals surface area contributed by atoms with Gasteiger partial charge in [0, 0.05) is 73.5 Å². The molecule has 0 saturated carbocycles. The van der Waals surface area contributed by atoms with E-state index in [4.69, 9.17) is 25.4 Å². The number of aromatic nitrogens is 1. The van der Waals surface area contributed by atoms with Crippen LogP contribution < -0.4 is 20.7 Å². The fraction of sp³-hybridized carbons (Fsp3) is 0.450. The molecule has 4 saturated heterocycles. The van der Waals surface area contributed by atoms with E-state index in [2.05, 4.69) is 41.8 Å². The number of nitrogens with zero attached hydrogens (tertiary/aromatic N) is 6. The van der Waals surface area contributed by atoms with Crippen molar-refractivity contribution in [3.8, 4) is 35.1 Å². The van der Waals surface area contributed by atoms with Crippen LogP contribution in [0.5, 0.6) is 11.6 Å². The van der Waals surface area contributed by atoms with Gasteiger partial charge in [0.05, 0.1) is 24.3 Å². The van der Waals surface area contributed by atoms with Gasteiger partial charge in [0.2, 0.25) is 11.8 Å². The zero-order chi connectivity index (χ0) is 56.8. The number of alkyl halides is 1. The summed E-state index contributed by atoms with van der Waals surface area (Å²) in [7, 11) is 0. The molecule has 6 unspecified atom stereocenters. The van der Waals surface area contributed by atoms with Gasteiger partial charge in [-0.3, -0.25) is 24.8 Å². The van der Waals surface area contributed by atoms with Crippen LogP contribution in [0, 0.1) is 47.4 Å². The van der Waals surface area contributed by atoms with Crippen molar-refractivity contribution in [3.63, 3.8) is 0 Å². The molecule has 0 aliphatic carbocycles. The number of aromatic hydroxyl groups is 1. The summed E-state index contributed by atoms with van der Waals surface area (Å²) in [4.78, 5) is 43.4. The molecule has 81 heavy (non-hydrogen) atoms. The van der Waals surface area contributed by atoms with E-state index in [0.717, 1.165) is 50.9 Å². The molecule has 5 aromatic rings. The van der Waals surface area contributed by atoms with Crippen molar-refractivity contribution in [3.05, 3.63) is 124 Å². The third-order valence-electron chi connectivity index (χ3n) is 16.7. The molecule has 1 aromatic heterocycles. The number of nitrogens with one attached hydrogen (secondary N) is 3. The number of carbonyl (C=O) groups excluding carboxylic acids is 2. The van der Waals surface area contributed by atoms with Crippen molar-refractivity contribution in [1.82, 2.24) is 35.8 Å². The fourth-order valence-corrected chi connectivity index (χ4v) is 12.4. The first-order chi connectivity index (χ1) is 39.0. The number of hydrogen-bond donors (Lipinski definition) is 5. The zero-order valence-corrected chi connectivity index (χ0v) is 45.1. The van der Waals surface area contributed by atoms with Crippen molar-refractivity contribution < 1.29 is 55.8 Å². The van der Waals surface area contributed by atoms with Crippen LogP contribution in [-0.2, 0) is 14.3 Å². The number of ether oxygens (including phenoxy) is 2. The van der Waals surface area contributed by atoms with Gasteiger partial charge in [0.15, 0.2) is 29.4 Å². The number of terminal acetylenes is 1. The molecule has 2 amide bonds. The number of halogens is 5. The van der Waals surface area contributed by atoms with Crippen LogP contribution in [0.4, 0.5) is 22.0 Å². The van der Waals surface area contributed by atoms with Gasteiger partial charge < -0.3 is 44.6 Å². The van der Waals surface area contributed by atoms with Gasteiger partial charge in [-0.05, 0) is 115 Å². The number of phenols is 1. The van der Waals surface area contributed by atoms with Gasteiger partial charge in [-0.2, -0.15) is 0 Å². The molecule has 4 aromatic carbocycles. The quantitative estimate of drug-likeness (QED) is 0.0394. The van der Waals surface area contributed by atoms with Gasteiger partial charge in [0.25, 0.3) is 11.9 Å².